The van der Waals surface area contributed by atoms with Gasteiger partial charge in [-0.15, -0.1) is 0 Å². The summed E-state index contributed by atoms with van der Waals surface area (Å²) in [7, 11) is -1.91. The maximum absolute atomic E-state index is 12.0. The Morgan fingerprint density at radius 2 is 1.83 bits per heavy atom. The number of rotatable bonds is 5. The van der Waals surface area contributed by atoms with Crippen molar-refractivity contribution in [3.05, 3.63) is 42.5 Å². The van der Waals surface area contributed by atoms with E-state index in [2.05, 4.69) is 33.9 Å². The largest absolute Gasteiger partial charge is 0.461 e. The lowest BCUT2D eigenvalue weighted by atomic mass is 10.2. The van der Waals surface area contributed by atoms with Crippen molar-refractivity contribution in [2.45, 2.75) is 51.3 Å². The third-order valence-electron chi connectivity index (χ3n) is 4.43. The highest BCUT2D eigenvalue weighted by Crippen LogP contribution is 2.36. The molecule has 2 atom stereocenters. The van der Waals surface area contributed by atoms with Gasteiger partial charge in [0, 0.05) is 0 Å². The normalized spacial score (nSPS) is 22.2. The highest BCUT2D eigenvalue weighted by molar-refractivity contribution is 6.74. The predicted molar refractivity (Wildman–Crippen MR) is 93.0 cm³/mol. The second-order valence-corrected chi connectivity index (χ2v) is 12.1. The Kier molecular flexibility index (Phi) is 5.44. The molecule has 1 aromatic rings. The Morgan fingerprint density at radius 3 is 2.43 bits per heavy atom. The van der Waals surface area contributed by atoms with Gasteiger partial charge in [0.05, 0.1) is 6.61 Å². The lowest BCUT2D eigenvalue weighted by Crippen LogP contribution is -2.46. The fraction of sp³-hybridized carbons (Fsp3) is 0.500. The average molecular weight is 334 g/mol. The molecule has 0 spiro atoms. The minimum atomic E-state index is -1.91. The number of benzene rings is 1. The Balaban J connectivity index is 1.95. The molecule has 2 rings (SSSR count). The van der Waals surface area contributed by atoms with Crippen LogP contribution in [0.15, 0.2) is 42.5 Å². The molecule has 23 heavy (non-hydrogen) atoms. The summed E-state index contributed by atoms with van der Waals surface area (Å²) in [6.45, 7) is 11.1. The molecule has 1 heterocycles. The van der Waals surface area contributed by atoms with Crippen molar-refractivity contribution in [2.24, 2.45) is 0 Å². The fourth-order valence-corrected chi connectivity index (χ4v) is 2.88. The van der Waals surface area contributed by atoms with E-state index in [9.17, 15) is 4.79 Å². The van der Waals surface area contributed by atoms with Gasteiger partial charge in [-0.2, -0.15) is 0 Å². The first-order chi connectivity index (χ1) is 10.7. The molecule has 0 saturated heterocycles. The molecule has 4 nitrogen and oxygen atoms in total. The highest BCUT2D eigenvalue weighted by atomic mass is 28.4. The van der Waals surface area contributed by atoms with E-state index in [1.807, 2.05) is 30.3 Å². The third-order valence-corrected chi connectivity index (χ3v) is 8.93. The summed E-state index contributed by atoms with van der Waals surface area (Å²) < 4.78 is 17.6. The van der Waals surface area contributed by atoms with Gasteiger partial charge in [-0.3, -0.25) is 4.79 Å². The van der Waals surface area contributed by atoms with Crippen molar-refractivity contribution in [1.29, 1.82) is 0 Å². The summed E-state index contributed by atoms with van der Waals surface area (Å²) in [5.41, 5.74) is 0. The summed E-state index contributed by atoms with van der Waals surface area (Å²) in [5.74, 6) is 0.636. The van der Waals surface area contributed by atoms with E-state index in [1.165, 1.54) is 6.08 Å². The topological polar surface area (TPSA) is 44.8 Å². The van der Waals surface area contributed by atoms with Crippen LogP contribution in [0.5, 0.6) is 5.75 Å². The molecule has 0 aliphatic carbocycles. The van der Waals surface area contributed by atoms with Gasteiger partial charge in [0.25, 0.3) is 0 Å². The molecular formula is C18H26O4Si. The second kappa shape index (κ2) is 6.99. The lowest BCUT2D eigenvalue weighted by Gasteiger charge is -2.37. The standard InChI is InChI=1S/C18H26O4Si/c1-18(2,3)23(4,5)20-13-16-15(19)11-12-17(22-16)21-14-9-7-6-8-10-14/h6-12,16-17H,13H2,1-5H3/t16-,17+/m0/s1. The summed E-state index contributed by atoms with van der Waals surface area (Å²) >= 11 is 0. The predicted octanol–water partition coefficient (Wildman–Crippen LogP) is 3.94. The first kappa shape index (κ1) is 17.9. The molecule has 0 fully saturated rings. The van der Waals surface area contributed by atoms with Crippen LogP contribution in [0.1, 0.15) is 20.8 Å². The molecule has 1 aliphatic rings. The van der Waals surface area contributed by atoms with E-state index >= 15 is 0 Å². The first-order valence-corrected chi connectivity index (χ1v) is 10.8. The zero-order valence-corrected chi connectivity index (χ0v) is 15.5. The number of carbonyl (C=O) groups excluding carboxylic acids is 1. The smallest absolute Gasteiger partial charge is 0.220 e. The zero-order chi connectivity index (χ0) is 17.1. The van der Waals surface area contributed by atoms with Crippen LogP contribution in [0.2, 0.25) is 18.1 Å². The van der Waals surface area contributed by atoms with Crippen molar-refractivity contribution < 1.29 is 18.7 Å². The highest BCUT2D eigenvalue weighted by Gasteiger charge is 2.39. The molecule has 0 amide bonds. The molecule has 0 N–H and O–H groups in total. The van der Waals surface area contributed by atoms with Gasteiger partial charge in [0.2, 0.25) is 6.29 Å². The number of ether oxygens (including phenoxy) is 2. The monoisotopic (exact) mass is 334 g/mol. The summed E-state index contributed by atoms with van der Waals surface area (Å²) in [6, 6.07) is 9.42. The van der Waals surface area contributed by atoms with Gasteiger partial charge in [-0.1, -0.05) is 39.0 Å². The van der Waals surface area contributed by atoms with E-state index in [1.54, 1.807) is 6.08 Å². The van der Waals surface area contributed by atoms with Crippen molar-refractivity contribution in [2.75, 3.05) is 6.61 Å². The third kappa shape index (κ3) is 4.77. The van der Waals surface area contributed by atoms with Crippen molar-refractivity contribution in [3.63, 3.8) is 0 Å². The van der Waals surface area contributed by atoms with Crippen LogP contribution in [-0.4, -0.2) is 33.1 Å². The van der Waals surface area contributed by atoms with Gasteiger partial charge in [0.15, 0.2) is 14.1 Å². The van der Waals surface area contributed by atoms with Crippen molar-refractivity contribution >= 4 is 14.1 Å². The molecule has 0 saturated carbocycles. The van der Waals surface area contributed by atoms with Crippen LogP contribution in [0.4, 0.5) is 0 Å². The van der Waals surface area contributed by atoms with Crippen LogP contribution >= 0.6 is 0 Å². The van der Waals surface area contributed by atoms with Crippen LogP contribution < -0.4 is 4.74 Å². The minimum Gasteiger partial charge on any atom is -0.461 e. The number of ketones is 1. The van der Waals surface area contributed by atoms with E-state index < -0.39 is 20.7 Å². The van der Waals surface area contributed by atoms with Gasteiger partial charge in [-0.05, 0) is 42.4 Å². The number of carbonyl (C=O) groups is 1. The van der Waals surface area contributed by atoms with Gasteiger partial charge in [0.1, 0.15) is 11.9 Å². The second-order valence-electron chi connectivity index (χ2n) is 7.26. The van der Waals surface area contributed by atoms with Gasteiger partial charge < -0.3 is 13.9 Å². The quantitative estimate of drug-likeness (QED) is 0.765. The van der Waals surface area contributed by atoms with Crippen LogP contribution in [-0.2, 0) is 14.0 Å². The van der Waals surface area contributed by atoms with Crippen LogP contribution in [0, 0.1) is 0 Å². The Morgan fingerprint density at radius 1 is 1.17 bits per heavy atom. The van der Waals surface area contributed by atoms with Gasteiger partial charge in [-0.25, -0.2) is 0 Å². The van der Waals surface area contributed by atoms with Crippen molar-refractivity contribution in [1.82, 2.24) is 0 Å². The molecule has 0 aromatic heterocycles. The molecule has 0 unspecified atom stereocenters. The number of para-hydroxylation sites is 1. The van der Waals surface area contributed by atoms with Crippen LogP contribution in [0.3, 0.4) is 0 Å². The summed E-state index contributed by atoms with van der Waals surface area (Å²) in [6.07, 6.45) is 1.99. The minimum absolute atomic E-state index is 0.0726. The Hall–Kier alpha value is -1.43. The van der Waals surface area contributed by atoms with Crippen molar-refractivity contribution in [3.8, 4) is 5.75 Å². The molecule has 0 bridgehead atoms. The van der Waals surface area contributed by atoms with E-state index in [0.717, 1.165) is 0 Å². The maximum atomic E-state index is 12.0. The van der Waals surface area contributed by atoms with E-state index in [-0.39, 0.29) is 17.4 Å². The lowest BCUT2D eigenvalue weighted by molar-refractivity contribution is -0.147. The summed E-state index contributed by atoms with van der Waals surface area (Å²) in [4.78, 5) is 12.0. The molecule has 1 aliphatic heterocycles. The SMILES string of the molecule is CC(C)(C)[Si](C)(C)OC[C@@H]1O[C@@H](Oc2ccccc2)C=CC1=O. The molecule has 0 radical (unpaired) electrons. The van der Waals surface area contributed by atoms with Gasteiger partial charge >= 0.3 is 0 Å². The molecule has 5 heteroatoms. The zero-order valence-electron chi connectivity index (χ0n) is 14.5. The fourth-order valence-electron chi connectivity index (χ4n) is 1.88. The summed E-state index contributed by atoms with van der Waals surface area (Å²) in [5, 5.41) is 0.0977. The average Bonchev–Trinajstić information content (AvgIpc) is 2.48. The van der Waals surface area contributed by atoms with E-state index in [4.69, 9.17) is 13.9 Å². The number of hydrogen-bond acceptors (Lipinski definition) is 4. The maximum Gasteiger partial charge on any atom is 0.220 e. The molecule has 1 aromatic carbocycles. The molecular weight excluding hydrogens is 308 g/mol. The number of hydrogen-bond donors (Lipinski definition) is 0. The Bertz CT molecular complexity index is 560. The molecule has 126 valence electrons. The van der Waals surface area contributed by atoms with E-state index in [0.29, 0.717) is 5.75 Å². The Labute approximate surface area is 139 Å². The van der Waals surface area contributed by atoms with Crippen LogP contribution in [0.25, 0.3) is 0 Å². The first-order valence-electron chi connectivity index (χ1n) is 7.92.